The van der Waals surface area contributed by atoms with E-state index >= 15 is 0 Å². The minimum absolute atomic E-state index is 0.0436. The van der Waals surface area contributed by atoms with Crippen LogP contribution in [0.3, 0.4) is 0 Å². The first kappa shape index (κ1) is 12.4. The van der Waals surface area contributed by atoms with E-state index in [1.165, 1.54) is 0 Å². The standard InChI is InChI=1S/C17H13NO2/c1-11-8-12(9-13(10-19)17(11)20)14-4-2-6-16-15(14)5-3-7-18-16/h2-10,20H,1H3. The SMILES string of the molecule is Cc1cc(-c2cccc3ncccc23)cc(C=O)c1O. The summed E-state index contributed by atoms with van der Waals surface area (Å²) in [5.41, 5.74) is 3.80. The first-order valence-corrected chi connectivity index (χ1v) is 6.33. The molecule has 3 heteroatoms. The van der Waals surface area contributed by atoms with E-state index in [0.717, 1.165) is 22.0 Å². The van der Waals surface area contributed by atoms with E-state index in [-0.39, 0.29) is 5.75 Å². The number of carbonyl (C=O) groups is 1. The molecule has 0 unspecified atom stereocenters. The van der Waals surface area contributed by atoms with E-state index < -0.39 is 0 Å². The minimum atomic E-state index is 0.0436. The van der Waals surface area contributed by atoms with Gasteiger partial charge in [0.1, 0.15) is 5.75 Å². The number of phenolic OH excluding ortho intramolecular Hbond substituents is 1. The average molecular weight is 263 g/mol. The Hall–Kier alpha value is -2.68. The Kier molecular flexibility index (Phi) is 2.95. The lowest BCUT2D eigenvalue weighted by Gasteiger charge is -2.10. The number of nitrogens with zero attached hydrogens (tertiary/aromatic N) is 1. The van der Waals surface area contributed by atoms with Gasteiger partial charge in [-0.25, -0.2) is 0 Å². The van der Waals surface area contributed by atoms with Gasteiger partial charge in [-0.05, 0) is 47.9 Å². The van der Waals surface area contributed by atoms with Crippen LogP contribution in [-0.2, 0) is 0 Å². The van der Waals surface area contributed by atoms with Crippen LogP contribution in [0.15, 0.2) is 48.7 Å². The Morgan fingerprint density at radius 1 is 1.15 bits per heavy atom. The molecule has 0 bridgehead atoms. The normalized spacial score (nSPS) is 10.7. The molecule has 3 aromatic rings. The Morgan fingerprint density at radius 3 is 2.80 bits per heavy atom. The summed E-state index contributed by atoms with van der Waals surface area (Å²) in [5.74, 6) is 0.0436. The summed E-state index contributed by atoms with van der Waals surface area (Å²) in [6, 6.07) is 13.4. The number of fused-ring (bicyclic) bond motifs is 1. The molecule has 0 radical (unpaired) electrons. The van der Waals surface area contributed by atoms with Crippen LogP contribution in [-0.4, -0.2) is 16.4 Å². The highest BCUT2D eigenvalue weighted by Gasteiger charge is 2.10. The van der Waals surface area contributed by atoms with Gasteiger partial charge in [0.05, 0.1) is 11.1 Å². The Bertz CT molecular complexity index is 804. The summed E-state index contributed by atoms with van der Waals surface area (Å²) in [7, 11) is 0. The molecule has 0 saturated carbocycles. The van der Waals surface area contributed by atoms with E-state index in [4.69, 9.17) is 0 Å². The predicted molar refractivity (Wildman–Crippen MR) is 79.0 cm³/mol. The maximum Gasteiger partial charge on any atom is 0.153 e. The summed E-state index contributed by atoms with van der Waals surface area (Å²) >= 11 is 0. The lowest BCUT2D eigenvalue weighted by atomic mass is 9.96. The van der Waals surface area contributed by atoms with Gasteiger partial charge in [-0.3, -0.25) is 9.78 Å². The topological polar surface area (TPSA) is 50.2 Å². The highest BCUT2D eigenvalue weighted by atomic mass is 16.3. The molecule has 98 valence electrons. The van der Waals surface area contributed by atoms with Gasteiger partial charge in [0.25, 0.3) is 0 Å². The molecular formula is C17H13NO2. The molecule has 0 aliphatic heterocycles. The highest BCUT2D eigenvalue weighted by Crippen LogP contribution is 2.32. The second-order valence-corrected chi connectivity index (χ2v) is 4.72. The van der Waals surface area contributed by atoms with Gasteiger partial charge in [-0.15, -0.1) is 0 Å². The van der Waals surface area contributed by atoms with Gasteiger partial charge in [0.15, 0.2) is 6.29 Å². The fraction of sp³-hybridized carbons (Fsp3) is 0.0588. The van der Waals surface area contributed by atoms with Gasteiger partial charge in [0, 0.05) is 11.6 Å². The van der Waals surface area contributed by atoms with Crippen molar-refractivity contribution in [2.24, 2.45) is 0 Å². The average Bonchev–Trinajstić information content (AvgIpc) is 2.49. The van der Waals surface area contributed by atoms with Crippen molar-refractivity contribution in [1.29, 1.82) is 0 Å². The monoisotopic (exact) mass is 263 g/mol. The fourth-order valence-electron chi connectivity index (χ4n) is 2.41. The molecule has 0 aliphatic rings. The zero-order valence-electron chi connectivity index (χ0n) is 11.0. The summed E-state index contributed by atoms with van der Waals surface area (Å²) in [6.07, 6.45) is 2.43. The molecule has 0 aliphatic carbocycles. The summed E-state index contributed by atoms with van der Waals surface area (Å²) in [5, 5.41) is 10.9. The van der Waals surface area contributed by atoms with E-state index in [1.54, 1.807) is 19.2 Å². The van der Waals surface area contributed by atoms with Crippen LogP contribution in [0, 0.1) is 6.92 Å². The molecule has 0 spiro atoms. The molecule has 0 fully saturated rings. The van der Waals surface area contributed by atoms with Crippen molar-refractivity contribution in [3.8, 4) is 16.9 Å². The summed E-state index contributed by atoms with van der Waals surface area (Å²) in [6.45, 7) is 1.79. The molecule has 3 nitrogen and oxygen atoms in total. The molecule has 1 heterocycles. The van der Waals surface area contributed by atoms with Crippen LogP contribution >= 0.6 is 0 Å². The zero-order valence-corrected chi connectivity index (χ0v) is 11.0. The Balaban J connectivity index is 2.31. The van der Waals surface area contributed by atoms with Crippen LogP contribution in [0.4, 0.5) is 0 Å². The number of rotatable bonds is 2. The van der Waals surface area contributed by atoms with Gasteiger partial charge in [-0.2, -0.15) is 0 Å². The van der Waals surface area contributed by atoms with Crippen LogP contribution in [0.25, 0.3) is 22.0 Å². The van der Waals surface area contributed by atoms with Crippen LogP contribution < -0.4 is 0 Å². The van der Waals surface area contributed by atoms with E-state index in [9.17, 15) is 9.90 Å². The Labute approximate surface area is 116 Å². The van der Waals surface area contributed by atoms with E-state index in [2.05, 4.69) is 4.98 Å². The molecule has 0 amide bonds. The number of aryl methyl sites for hydroxylation is 1. The third-order valence-electron chi connectivity index (χ3n) is 3.41. The molecule has 0 atom stereocenters. The molecule has 20 heavy (non-hydrogen) atoms. The number of pyridine rings is 1. The van der Waals surface area contributed by atoms with Crippen molar-refractivity contribution in [3.05, 3.63) is 59.8 Å². The highest BCUT2D eigenvalue weighted by molar-refractivity contribution is 5.96. The van der Waals surface area contributed by atoms with E-state index in [0.29, 0.717) is 17.4 Å². The van der Waals surface area contributed by atoms with Crippen molar-refractivity contribution < 1.29 is 9.90 Å². The van der Waals surface area contributed by atoms with Crippen molar-refractivity contribution >= 4 is 17.2 Å². The summed E-state index contributed by atoms with van der Waals surface area (Å²) in [4.78, 5) is 15.4. The third-order valence-corrected chi connectivity index (χ3v) is 3.41. The predicted octanol–water partition coefficient (Wildman–Crippen LogP) is 3.73. The third kappa shape index (κ3) is 1.93. The van der Waals surface area contributed by atoms with E-state index in [1.807, 2.05) is 36.4 Å². The Morgan fingerprint density at radius 2 is 2.00 bits per heavy atom. The number of hydrogen-bond donors (Lipinski definition) is 1. The number of carbonyl (C=O) groups excluding carboxylic acids is 1. The van der Waals surface area contributed by atoms with Crippen molar-refractivity contribution in [2.75, 3.05) is 0 Å². The van der Waals surface area contributed by atoms with Gasteiger partial charge >= 0.3 is 0 Å². The fourth-order valence-corrected chi connectivity index (χ4v) is 2.41. The zero-order chi connectivity index (χ0) is 14.1. The molecule has 1 aromatic heterocycles. The van der Waals surface area contributed by atoms with Crippen molar-refractivity contribution in [1.82, 2.24) is 4.98 Å². The molecule has 2 aromatic carbocycles. The number of aromatic nitrogens is 1. The first-order valence-electron chi connectivity index (χ1n) is 6.33. The lowest BCUT2D eigenvalue weighted by Crippen LogP contribution is -1.89. The maximum atomic E-state index is 11.1. The second-order valence-electron chi connectivity index (χ2n) is 4.72. The van der Waals surface area contributed by atoms with Crippen LogP contribution in [0.5, 0.6) is 5.75 Å². The van der Waals surface area contributed by atoms with Crippen LogP contribution in [0.2, 0.25) is 0 Å². The number of benzene rings is 2. The number of hydrogen-bond acceptors (Lipinski definition) is 3. The smallest absolute Gasteiger partial charge is 0.153 e. The largest absolute Gasteiger partial charge is 0.507 e. The lowest BCUT2D eigenvalue weighted by molar-refractivity contribution is 0.112. The number of aldehydes is 1. The van der Waals surface area contributed by atoms with Crippen LogP contribution in [0.1, 0.15) is 15.9 Å². The van der Waals surface area contributed by atoms with Gasteiger partial charge in [-0.1, -0.05) is 18.2 Å². The van der Waals surface area contributed by atoms with Crippen molar-refractivity contribution in [3.63, 3.8) is 0 Å². The molecular weight excluding hydrogens is 250 g/mol. The second kappa shape index (κ2) is 4.78. The van der Waals surface area contributed by atoms with Crippen molar-refractivity contribution in [2.45, 2.75) is 6.92 Å². The number of phenols is 1. The quantitative estimate of drug-likeness (QED) is 0.717. The van der Waals surface area contributed by atoms with Gasteiger partial charge in [0.2, 0.25) is 0 Å². The number of aromatic hydroxyl groups is 1. The first-order chi connectivity index (χ1) is 9.70. The molecule has 1 N–H and O–H groups in total. The maximum absolute atomic E-state index is 11.1. The molecule has 0 saturated heterocycles. The minimum Gasteiger partial charge on any atom is -0.507 e. The molecule has 3 rings (SSSR count). The summed E-state index contributed by atoms with van der Waals surface area (Å²) < 4.78 is 0. The van der Waals surface area contributed by atoms with Gasteiger partial charge < -0.3 is 5.11 Å².